The summed E-state index contributed by atoms with van der Waals surface area (Å²) in [7, 11) is 0. The van der Waals surface area contributed by atoms with E-state index in [1.165, 1.54) is 18.7 Å². The van der Waals surface area contributed by atoms with Crippen LogP contribution in [0.2, 0.25) is 0 Å². The Morgan fingerprint density at radius 2 is 2.00 bits per heavy atom. The van der Waals surface area contributed by atoms with Crippen LogP contribution in [0.25, 0.3) is 0 Å². The van der Waals surface area contributed by atoms with Gasteiger partial charge in [-0.1, -0.05) is 0 Å². The highest BCUT2D eigenvalue weighted by Crippen LogP contribution is 2.22. The topological polar surface area (TPSA) is 55.7 Å². The molecule has 2 rings (SSSR count). The molecule has 2 aromatic heterocycles. The highest BCUT2D eigenvalue weighted by Gasteiger charge is 2.05. The molecule has 5 heteroatoms. The predicted octanol–water partition coefficient (Wildman–Crippen LogP) is 2.53. The summed E-state index contributed by atoms with van der Waals surface area (Å²) in [5.74, 6) is 0.0272. The van der Waals surface area contributed by atoms with Crippen molar-refractivity contribution in [1.29, 1.82) is 0 Å². The Labute approximate surface area is 104 Å². The molecule has 0 fully saturated rings. The number of aryl methyl sites for hydroxylation is 1. The van der Waals surface area contributed by atoms with E-state index in [0.717, 1.165) is 10.7 Å². The number of carbonyl (C=O) groups excluding carboxylic acids is 1. The van der Waals surface area contributed by atoms with Crippen LogP contribution in [0.4, 0.5) is 0 Å². The number of hydrogen-bond acceptors (Lipinski definition) is 5. The fourth-order valence-corrected chi connectivity index (χ4v) is 2.04. The molecule has 0 aliphatic heterocycles. The molecule has 0 unspecified atom stereocenters. The molecule has 2 aromatic rings. The average molecular weight is 245 g/mol. The normalized spacial score (nSPS) is 10.2. The van der Waals surface area contributed by atoms with Gasteiger partial charge in [0.05, 0.1) is 0 Å². The molecule has 0 aliphatic carbocycles. The number of aromatic nitrogens is 3. The third-order valence-corrected chi connectivity index (χ3v) is 2.92. The van der Waals surface area contributed by atoms with Gasteiger partial charge in [0.2, 0.25) is 0 Å². The molecule has 0 spiro atoms. The van der Waals surface area contributed by atoms with E-state index < -0.39 is 0 Å². The van der Waals surface area contributed by atoms with E-state index >= 15 is 0 Å². The van der Waals surface area contributed by atoms with Crippen LogP contribution >= 0.6 is 11.8 Å². The first kappa shape index (κ1) is 11.7. The minimum Gasteiger partial charge on any atom is -0.295 e. The number of carbonyl (C=O) groups is 1. The summed E-state index contributed by atoms with van der Waals surface area (Å²) in [5, 5.41) is 1.36. The fourth-order valence-electron chi connectivity index (χ4n) is 1.25. The smallest absolute Gasteiger partial charge is 0.194 e. The zero-order valence-corrected chi connectivity index (χ0v) is 10.4. The fraction of sp³-hybridized carbons (Fsp3) is 0.167. The second-order valence-electron chi connectivity index (χ2n) is 3.52. The quantitative estimate of drug-likeness (QED) is 0.614. The van der Waals surface area contributed by atoms with Crippen molar-refractivity contribution in [2.75, 3.05) is 0 Å². The van der Waals surface area contributed by atoms with Crippen LogP contribution < -0.4 is 0 Å². The molecular weight excluding hydrogens is 234 g/mol. The minimum absolute atomic E-state index is 0.0272. The van der Waals surface area contributed by atoms with Gasteiger partial charge in [-0.05, 0) is 43.8 Å². The lowest BCUT2D eigenvalue weighted by molar-refractivity contribution is 0.101. The van der Waals surface area contributed by atoms with Gasteiger partial charge in [-0.15, -0.1) is 0 Å². The lowest BCUT2D eigenvalue weighted by Crippen LogP contribution is -1.94. The van der Waals surface area contributed by atoms with Crippen LogP contribution in [0.3, 0.4) is 0 Å². The van der Waals surface area contributed by atoms with Gasteiger partial charge in [0.15, 0.2) is 10.9 Å². The van der Waals surface area contributed by atoms with E-state index in [1.807, 2.05) is 13.0 Å². The van der Waals surface area contributed by atoms with Crippen LogP contribution in [0.5, 0.6) is 0 Å². The van der Waals surface area contributed by atoms with E-state index in [-0.39, 0.29) is 5.78 Å². The first-order valence-electron chi connectivity index (χ1n) is 5.09. The van der Waals surface area contributed by atoms with Crippen molar-refractivity contribution in [3.8, 4) is 0 Å². The first-order chi connectivity index (χ1) is 8.15. The Morgan fingerprint density at radius 3 is 2.71 bits per heavy atom. The van der Waals surface area contributed by atoms with Crippen molar-refractivity contribution in [1.82, 2.24) is 15.0 Å². The SMILES string of the molecule is CC(=O)c1ccnc(Sc2nccc(C)n2)c1. The van der Waals surface area contributed by atoms with Gasteiger partial charge in [0.1, 0.15) is 5.03 Å². The summed E-state index contributed by atoms with van der Waals surface area (Å²) in [6.07, 6.45) is 3.33. The monoisotopic (exact) mass is 245 g/mol. The maximum Gasteiger partial charge on any atom is 0.194 e. The second-order valence-corrected chi connectivity index (χ2v) is 4.51. The Morgan fingerprint density at radius 1 is 1.24 bits per heavy atom. The van der Waals surface area contributed by atoms with Crippen molar-refractivity contribution in [3.05, 3.63) is 41.9 Å². The van der Waals surface area contributed by atoms with E-state index in [9.17, 15) is 4.79 Å². The van der Waals surface area contributed by atoms with Crippen LogP contribution in [-0.2, 0) is 0 Å². The van der Waals surface area contributed by atoms with Gasteiger partial charge in [0, 0.05) is 23.7 Å². The third-order valence-electron chi connectivity index (χ3n) is 2.11. The molecule has 0 radical (unpaired) electrons. The largest absolute Gasteiger partial charge is 0.295 e. The van der Waals surface area contributed by atoms with Crippen LogP contribution in [-0.4, -0.2) is 20.7 Å². The van der Waals surface area contributed by atoms with Gasteiger partial charge >= 0.3 is 0 Å². The van der Waals surface area contributed by atoms with Gasteiger partial charge in [0.25, 0.3) is 0 Å². The predicted molar refractivity (Wildman–Crippen MR) is 65.1 cm³/mol. The summed E-state index contributed by atoms with van der Waals surface area (Å²) >= 11 is 1.35. The van der Waals surface area contributed by atoms with Crippen molar-refractivity contribution >= 4 is 17.5 Å². The molecule has 0 saturated heterocycles. The molecule has 0 amide bonds. The minimum atomic E-state index is 0.0272. The molecule has 17 heavy (non-hydrogen) atoms. The molecular formula is C12H11N3OS. The highest BCUT2D eigenvalue weighted by atomic mass is 32.2. The maximum absolute atomic E-state index is 11.2. The highest BCUT2D eigenvalue weighted by molar-refractivity contribution is 7.99. The number of pyridine rings is 1. The van der Waals surface area contributed by atoms with Crippen molar-refractivity contribution in [3.63, 3.8) is 0 Å². The average Bonchev–Trinajstić information content (AvgIpc) is 2.29. The molecule has 2 heterocycles. The lowest BCUT2D eigenvalue weighted by Gasteiger charge is -2.01. The molecule has 0 atom stereocenters. The summed E-state index contributed by atoms with van der Waals surface area (Å²) < 4.78 is 0. The van der Waals surface area contributed by atoms with Gasteiger partial charge in [-0.25, -0.2) is 15.0 Å². The Balaban J connectivity index is 2.24. The van der Waals surface area contributed by atoms with Gasteiger partial charge < -0.3 is 0 Å². The van der Waals surface area contributed by atoms with E-state index in [1.54, 1.807) is 24.5 Å². The summed E-state index contributed by atoms with van der Waals surface area (Å²) in [4.78, 5) is 23.8. The number of hydrogen-bond donors (Lipinski definition) is 0. The summed E-state index contributed by atoms with van der Waals surface area (Å²) in [5.41, 5.74) is 1.56. The summed E-state index contributed by atoms with van der Waals surface area (Å²) in [6, 6.07) is 5.28. The number of Topliss-reactive ketones (excluding diaryl/α,β-unsaturated/α-hetero) is 1. The van der Waals surface area contributed by atoms with Gasteiger partial charge in [-0.3, -0.25) is 4.79 Å². The third kappa shape index (κ3) is 3.10. The number of rotatable bonds is 3. The number of ketones is 1. The molecule has 0 aromatic carbocycles. The molecule has 0 saturated carbocycles. The zero-order valence-electron chi connectivity index (χ0n) is 9.54. The van der Waals surface area contributed by atoms with Crippen LogP contribution in [0.1, 0.15) is 23.0 Å². The molecule has 0 N–H and O–H groups in total. The van der Waals surface area contributed by atoms with Crippen molar-refractivity contribution in [2.45, 2.75) is 24.0 Å². The second kappa shape index (κ2) is 5.05. The standard InChI is InChI=1S/C12H11N3OS/c1-8-3-5-14-12(15-8)17-11-7-10(9(2)16)4-6-13-11/h3-7H,1-2H3. The Hall–Kier alpha value is -1.75. The van der Waals surface area contributed by atoms with E-state index in [2.05, 4.69) is 15.0 Å². The molecule has 86 valence electrons. The van der Waals surface area contributed by atoms with Gasteiger partial charge in [-0.2, -0.15) is 0 Å². The van der Waals surface area contributed by atoms with Crippen LogP contribution in [0.15, 0.2) is 40.8 Å². The Kier molecular flexibility index (Phi) is 3.49. The lowest BCUT2D eigenvalue weighted by atomic mass is 10.2. The maximum atomic E-state index is 11.2. The van der Waals surface area contributed by atoms with E-state index in [0.29, 0.717) is 10.7 Å². The van der Waals surface area contributed by atoms with E-state index in [4.69, 9.17) is 0 Å². The van der Waals surface area contributed by atoms with Crippen LogP contribution in [0, 0.1) is 6.92 Å². The molecule has 4 nitrogen and oxygen atoms in total. The first-order valence-corrected chi connectivity index (χ1v) is 5.91. The molecule has 0 bridgehead atoms. The van der Waals surface area contributed by atoms with Crippen molar-refractivity contribution in [2.24, 2.45) is 0 Å². The Bertz CT molecular complexity index is 557. The van der Waals surface area contributed by atoms with Crippen molar-refractivity contribution < 1.29 is 4.79 Å². The zero-order chi connectivity index (χ0) is 12.3. The molecule has 0 aliphatic rings. The summed E-state index contributed by atoms with van der Waals surface area (Å²) in [6.45, 7) is 3.44. The number of nitrogens with zero attached hydrogens (tertiary/aromatic N) is 3.